The Balaban J connectivity index is 1.55. The van der Waals surface area contributed by atoms with E-state index in [1.165, 1.54) is 44.2 Å². The van der Waals surface area contributed by atoms with Crippen molar-refractivity contribution in [3.63, 3.8) is 0 Å². The normalized spacial score (nSPS) is 23.5. The van der Waals surface area contributed by atoms with Crippen molar-refractivity contribution in [3.8, 4) is 0 Å². The fourth-order valence-electron chi connectivity index (χ4n) is 3.49. The summed E-state index contributed by atoms with van der Waals surface area (Å²) >= 11 is 0. The van der Waals surface area contributed by atoms with E-state index in [0.717, 1.165) is 31.4 Å². The topological polar surface area (TPSA) is 53.1 Å². The lowest BCUT2D eigenvalue weighted by Gasteiger charge is -2.22. The van der Waals surface area contributed by atoms with Gasteiger partial charge in [0, 0.05) is 31.7 Å². The van der Waals surface area contributed by atoms with Crippen LogP contribution in [-0.2, 0) is 0 Å². The van der Waals surface area contributed by atoms with Crippen molar-refractivity contribution in [3.05, 3.63) is 12.3 Å². The minimum atomic E-state index is 0.594. The molecule has 1 saturated carbocycles. The summed E-state index contributed by atoms with van der Waals surface area (Å²) in [4.78, 5) is 2.39. The molecule has 0 bridgehead atoms. The van der Waals surface area contributed by atoms with Crippen LogP contribution in [0.4, 0.5) is 11.5 Å². The van der Waals surface area contributed by atoms with Crippen molar-refractivity contribution in [1.29, 1.82) is 0 Å². The van der Waals surface area contributed by atoms with Crippen LogP contribution in [0, 0.1) is 5.92 Å². The van der Waals surface area contributed by atoms with Gasteiger partial charge in [-0.15, -0.1) is 5.10 Å². The summed E-state index contributed by atoms with van der Waals surface area (Å²) in [5.74, 6) is 1.73. The highest BCUT2D eigenvalue weighted by Gasteiger charge is 2.21. The number of hydrogen-bond acceptors (Lipinski definition) is 5. The first kappa shape index (κ1) is 14.6. The minimum Gasteiger partial charge on any atom is -0.369 e. The number of nitrogens with zero attached hydrogens (tertiary/aromatic N) is 3. The first-order valence-electron chi connectivity index (χ1n) is 8.34. The first-order valence-corrected chi connectivity index (χ1v) is 8.34. The molecule has 0 aromatic carbocycles. The van der Waals surface area contributed by atoms with Crippen molar-refractivity contribution in [2.45, 2.75) is 44.6 Å². The molecule has 0 unspecified atom stereocenters. The molecular weight excluding hydrogens is 262 g/mol. The molecule has 1 aliphatic heterocycles. The molecule has 2 fully saturated rings. The zero-order chi connectivity index (χ0) is 14.5. The van der Waals surface area contributed by atoms with Gasteiger partial charge in [-0.2, -0.15) is 5.10 Å². The summed E-state index contributed by atoms with van der Waals surface area (Å²) in [7, 11) is 2.04. The van der Waals surface area contributed by atoms with Crippen LogP contribution in [0.2, 0.25) is 0 Å². The Morgan fingerprint density at radius 3 is 2.86 bits per heavy atom. The van der Waals surface area contributed by atoms with Crippen LogP contribution in [-0.4, -0.2) is 42.9 Å². The summed E-state index contributed by atoms with van der Waals surface area (Å²) in [5, 5.41) is 15.2. The second kappa shape index (κ2) is 7.07. The van der Waals surface area contributed by atoms with E-state index in [0.29, 0.717) is 6.04 Å². The van der Waals surface area contributed by atoms with Crippen LogP contribution in [0.3, 0.4) is 0 Å². The molecule has 116 valence electrons. The molecule has 2 heterocycles. The Kier molecular flexibility index (Phi) is 4.91. The molecule has 1 aromatic heterocycles. The lowest BCUT2D eigenvalue weighted by Crippen LogP contribution is -2.29. The van der Waals surface area contributed by atoms with Gasteiger partial charge in [0.15, 0.2) is 5.82 Å². The molecule has 3 rings (SSSR count). The van der Waals surface area contributed by atoms with Crippen LogP contribution in [0.25, 0.3) is 0 Å². The molecular formula is C16H27N5. The summed E-state index contributed by atoms with van der Waals surface area (Å²) in [6, 6.07) is 2.74. The van der Waals surface area contributed by atoms with Crippen LogP contribution in [0.1, 0.15) is 38.5 Å². The minimum absolute atomic E-state index is 0.594. The monoisotopic (exact) mass is 289 g/mol. The van der Waals surface area contributed by atoms with Gasteiger partial charge in [0.1, 0.15) is 0 Å². The SMILES string of the molecule is CN[C@@H]1CCN(c2cnnc(NCC3CCCCC3)c2)C1. The van der Waals surface area contributed by atoms with E-state index in [2.05, 4.69) is 31.8 Å². The highest BCUT2D eigenvalue weighted by atomic mass is 15.2. The van der Waals surface area contributed by atoms with Gasteiger partial charge < -0.3 is 15.5 Å². The fraction of sp³-hybridized carbons (Fsp3) is 0.750. The Bertz CT molecular complexity index is 444. The van der Waals surface area contributed by atoms with Crippen LogP contribution < -0.4 is 15.5 Å². The van der Waals surface area contributed by atoms with Crippen LogP contribution in [0.5, 0.6) is 0 Å². The first-order chi connectivity index (χ1) is 10.3. The second-order valence-electron chi connectivity index (χ2n) is 6.40. The van der Waals surface area contributed by atoms with Gasteiger partial charge in [0.25, 0.3) is 0 Å². The van der Waals surface area contributed by atoms with Crippen molar-refractivity contribution >= 4 is 11.5 Å². The quantitative estimate of drug-likeness (QED) is 0.871. The molecule has 0 spiro atoms. The van der Waals surface area contributed by atoms with Gasteiger partial charge >= 0.3 is 0 Å². The standard InChI is InChI=1S/C16H27N5/c1-17-14-7-8-21(12-14)15-9-16(20-19-11-15)18-10-13-5-3-2-4-6-13/h9,11,13-14,17H,2-8,10,12H2,1H3,(H,18,20)/t14-/m1/s1. The van der Waals surface area contributed by atoms with Gasteiger partial charge in [-0.05, 0) is 32.2 Å². The molecule has 1 aliphatic carbocycles. The van der Waals surface area contributed by atoms with E-state index < -0.39 is 0 Å². The molecule has 0 amide bonds. The second-order valence-corrected chi connectivity index (χ2v) is 6.40. The van der Waals surface area contributed by atoms with Crippen molar-refractivity contribution in [2.24, 2.45) is 5.92 Å². The maximum absolute atomic E-state index is 4.23. The van der Waals surface area contributed by atoms with Crippen molar-refractivity contribution in [2.75, 3.05) is 36.9 Å². The van der Waals surface area contributed by atoms with Crippen LogP contribution in [0.15, 0.2) is 12.3 Å². The van der Waals surface area contributed by atoms with E-state index in [-0.39, 0.29) is 0 Å². The fourth-order valence-corrected chi connectivity index (χ4v) is 3.49. The van der Waals surface area contributed by atoms with Crippen molar-refractivity contribution < 1.29 is 0 Å². The smallest absolute Gasteiger partial charge is 0.150 e. The lowest BCUT2D eigenvalue weighted by atomic mass is 9.89. The molecule has 0 radical (unpaired) electrons. The molecule has 1 saturated heterocycles. The number of nitrogens with one attached hydrogen (secondary N) is 2. The number of aromatic nitrogens is 2. The van der Waals surface area contributed by atoms with Crippen molar-refractivity contribution in [1.82, 2.24) is 15.5 Å². The van der Waals surface area contributed by atoms with Gasteiger partial charge in [-0.25, -0.2) is 0 Å². The lowest BCUT2D eigenvalue weighted by molar-refractivity contribution is 0.373. The summed E-state index contributed by atoms with van der Waals surface area (Å²) in [5.41, 5.74) is 1.19. The molecule has 1 atom stereocenters. The summed E-state index contributed by atoms with van der Waals surface area (Å²) in [6.45, 7) is 3.20. The predicted octanol–water partition coefficient (Wildman–Crippen LogP) is 2.27. The summed E-state index contributed by atoms with van der Waals surface area (Å²) < 4.78 is 0. The zero-order valence-corrected chi connectivity index (χ0v) is 13.0. The third kappa shape index (κ3) is 3.84. The molecule has 2 aliphatic rings. The van der Waals surface area contributed by atoms with E-state index >= 15 is 0 Å². The average molecular weight is 289 g/mol. The zero-order valence-electron chi connectivity index (χ0n) is 13.0. The van der Waals surface area contributed by atoms with Gasteiger partial charge in [-0.1, -0.05) is 19.3 Å². The third-order valence-corrected chi connectivity index (χ3v) is 4.90. The Hall–Kier alpha value is -1.36. The third-order valence-electron chi connectivity index (χ3n) is 4.90. The maximum Gasteiger partial charge on any atom is 0.150 e. The van der Waals surface area contributed by atoms with E-state index in [1.807, 2.05) is 13.2 Å². The van der Waals surface area contributed by atoms with Crippen LogP contribution >= 0.6 is 0 Å². The van der Waals surface area contributed by atoms with E-state index in [4.69, 9.17) is 0 Å². The Morgan fingerprint density at radius 2 is 2.10 bits per heavy atom. The maximum atomic E-state index is 4.23. The van der Waals surface area contributed by atoms with Gasteiger partial charge in [0.05, 0.1) is 11.9 Å². The largest absolute Gasteiger partial charge is 0.369 e. The average Bonchev–Trinajstić information content (AvgIpc) is 3.03. The number of rotatable bonds is 5. The highest BCUT2D eigenvalue weighted by Crippen LogP contribution is 2.25. The van der Waals surface area contributed by atoms with E-state index in [9.17, 15) is 0 Å². The number of anilines is 2. The van der Waals surface area contributed by atoms with Gasteiger partial charge in [0.2, 0.25) is 0 Å². The van der Waals surface area contributed by atoms with E-state index in [1.54, 1.807) is 0 Å². The number of hydrogen-bond donors (Lipinski definition) is 2. The molecule has 21 heavy (non-hydrogen) atoms. The molecule has 1 aromatic rings. The number of likely N-dealkylation sites (N-methyl/N-ethyl adjacent to an activating group) is 1. The predicted molar refractivity (Wildman–Crippen MR) is 86.8 cm³/mol. The molecule has 5 heteroatoms. The highest BCUT2D eigenvalue weighted by molar-refractivity contribution is 5.52. The van der Waals surface area contributed by atoms with Gasteiger partial charge in [-0.3, -0.25) is 0 Å². The molecule has 2 N–H and O–H groups in total. The summed E-state index contributed by atoms with van der Waals surface area (Å²) in [6.07, 6.45) is 9.97. The molecule has 5 nitrogen and oxygen atoms in total. The Labute approximate surface area is 127 Å². The Morgan fingerprint density at radius 1 is 1.24 bits per heavy atom.